The van der Waals surface area contributed by atoms with E-state index < -0.39 is 0 Å². The minimum Gasteiger partial charge on any atom is -0.457 e. The van der Waals surface area contributed by atoms with Crippen LogP contribution in [0, 0.1) is 34.5 Å². The van der Waals surface area contributed by atoms with E-state index in [9.17, 15) is 9.59 Å². The average Bonchev–Trinajstić information content (AvgIpc) is 3.26. The van der Waals surface area contributed by atoms with Gasteiger partial charge in [0.25, 0.3) is 0 Å². The Morgan fingerprint density at radius 3 is 2.30 bits per heavy atom. The smallest absolute Gasteiger partial charge is 0.324 e. The summed E-state index contributed by atoms with van der Waals surface area (Å²) in [7, 11) is 0. The summed E-state index contributed by atoms with van der Waals surface area (Å²) in [6, 6.07) is 20.7. The van der Waals surface area contributed by atoms with E-state index in [1.165, 1.54) is 30.4 Å². The number of morpholine rings is 1. The molecule has 0 aromatic heterocycles. The number of esters is 1. The molecule has 4 saturated carbocycles. The number of ether oxygens (including phenoxy) is 1. The van der Waals surface area contributed by atoms with Crippen LogP contribution in [0.3, 0.4) is 0 Å². The van der Waals surface area contributed by atoms with Crippen molar-refractivity contribution in [1.82, 2.24) is 4.90 Å². The standard InChI is InChI=1S/C36H45NO3/c1-34-19-20-36(22-27(34)13-14-28-29-15-16-32(38)35(29,2)18-17-30(28)34)24-37(23-26-11-7-4-8-12-26)31(33(39)40-36)21-25-9-5-3-6-10-25/h3-12,27-31H,13-24H2,1-2H3/t27-,28-,29-,30-,31-,34-,35-,36+/m0/s1. The van der Waals surface area contributed by atoms with Crippen LogP contribution in [0.1, 0.15) is 82.8 Å². The van der Waals surface area contributed by atoms with Gasteiger partial charge in [-0.3, -0.25) is 14.5 Å². The molecule has 0 unspecified atom stereocenters. The maximum absolute atomic E-state index is 13.8. The number of nitrogens with zero attached hydrogens (tertiary/aromatic N) is 1. The Balaban J connectivity index is 1.13. The van der Waals surface area contributed by atoms with Gasteiger partial charge in [-0.15, -0.1) is 0 Å². The number of hydrogen-bond acceptors (Lipinski definition) is 4. The van der Waals surface area contributed by atoms with Gasteiger partial charge in [-0.1, -0.05) is 74.5 Å². The molecule has 0 N–H and O–H groups in total. The Kier molecular flexibility index (Phi) is 6.49. The van der Waals surface area contributed by atoms with Crippen molar-refractivity contribution in [2.45, 2.75) is 96.2 Å². The molecular weight excluding hydrogens is 494 g/mol. The first-order chi connectivity index (χ1) is 19.3. The maximum Gasteiger partial charge on any atom is 0.324 e. The average molecular weight is 540 g/mol. The van der Waals surface area contributed by atoms with E-state index in [1.54, 1.807) is 0 Å². The second-order valence-corrected chi connectivity index (χ2v) is 14.5. The molecule has 4 aliphatic carbocycles. The molecule has 5 fully saturated rings. The second-order valence-electron chi connectivity index (χ2n) is 14.5. The first-order valence-electron chi connectivity index (χ1n) is 15.9. The highest BCUT2D eigenvalue weighted by Crippen LogP contribution is 2.66. The monoisotopic (exact) mass is 539 g/mol. The largest absolute Gasteiger partial charge is 0.457 e. The minimum absolute atomic E-state index is 0.0405. The van der Waals surface area contributed by atoms with Gasteiger partial charge in [0.05, 0.1) is 0 Å². The van der Waals surface area contributed by atoms with Crippen molar-refractivity contribution in [3.63, 3.8) is 0 Å². The van der Waals surface area contributed by atoms with Crippen molar-refractivity contribution in [3.8, 4) is 0 Å². The van der Waals surface area contributed by atoms with E-state index in [2.05, 4.69) is 73.3 Å². The third kappa shape index (κ3) is 4.28. The molecule has 0 amide bonds. The number of ketones is 1. The highest BCUT2D eigenvalue weighted by molar-refractivity contribution is 5.87. The normalized spacial score (nSPS) is 41.2. The van der Waals surface area contributed by atoms with Gasteiger partial charge >= 0.3 is 5.97 Å². The molecule has 4 nitrogen and oxygen atoms in total. The summed E-state index contributed by atoms with van der Waals surface area (Å²) in [5.41, 5.74) is 2.28. The fourth-order valence-electron chi connectivity index (χ4n) is 10.3. The Hall–Kier alpha value is -2.46. The Morgan fingerprint density at radius 1 is 0.825 bits per heavy atom. The SMILES string of the molecule is C[C@]12CC[C@@]3(C[C@@H]1CC[C@@H]1[C@@H]2CC[C@]2(C)C(=O)CC[C@@H]12)CN(Cc1ccccc1)[C@@H](Cc1ccccc1)C(=O)O3. The molecule has 2 aromatic carbocycles. The van der Waals surface area contributed by atoms with E-state index in [4.69, 9.17) is 4.74 Å². The molecule has 2 aromatic rings. The summed E-state index contributed by atoms with van der Waals surface area (Å²) in [5.74, 6) is 3.06. The molecule has 4 heteroatoms. The molecule has 0 radical (unpaired) electrons. The number of fused-ring (bicyclic) bond motifs is 5. The summed E-state index contributed by atoms with van der Waals surface area (Å²) in [6.45, 7) is 6.44. The van der Waals surface area contributed by atoms with E-state index in [-0.39, 0.29) is 23.0 Å². The molecule has 1 saturated heterocycles. The summed E-state index contributed by atoms with van der Waals surface area (Å²) < 4.78 is 6.57. The number of hydrogen-bond donors (Lipinski definition) is 0. The van der Waals surface area contributed by atoms with Crippen LogP contribution < -0.4 is 0 Å². The lowest BCUT2D eigenvalue weighted by Crippen LogP contribution is -2.64. The van der Waals surface area contributed by atoms with Gasteiger partial charge in [-0.2, -0.15) is 0 Å². The lowest BCUT2D eigenvalue weighted by Gasteiger charge is -2.62. The van der Waals surface area contributed by atoms with Crippen molar-refractivity contribution < 1.29 is 14.3 Å². The highest BCUT2D eigenvalue weighted by atomic mass is 16.6. The van der Waals surface area contributed by atoms with Gasteiger partial charge in [-0.05, 0) is 98.0 Å². The van der Waals surface area contributed by atoms with Gasteiger partial charge in [0, 0.05) is 24.9 Å². The number of carbonyl (C=O) groups is 2. The van der Waals surface area contributed by atoms with Gasteiger partial charge in [0.2, 0.25) is 0 Å². The lowest BCUT2D eigenvalue weighted by atomic mass is 9.44. The second kappa shape index (κ2) is 9.82. The van der Waals surface area contributed by atoms with Gasteiger partial charge in [-0.25, -0.2) is 0 Å². The van der Waals surface area contributed by atoms with Crippen molar-refractivity contribution in [1.29, 1.82) is 0 Å². The zero-order valence-electron chi connectivity index (χ0n) is 24.3. The van der Waals surface area contributed by atoms with Crippen molar-refractivity contribution in [2.75, 3.05) is 6.54 Å². The summed E-state index contributed by atoms with van der Waals surface area (Å²) in [6.07, 6.45) is 10.4. The van der Waals surface area contributed by atoms with Crippen LogP contribution in [0.5, 0.6) is 0 Å². The topological polar surface area (TPSA) is 46.6 Å². The van der Waals surface area contributed by atoms with Crippen molar-refractivity contribution in [3.05, 3.63) is 71.8 Å². The van der Waals surface area contributed by atoms with Crippen LogP contribution in [-0.4, -0.2) is 34.8 Å². The fourth-order valence-corrected chi connectivity index (χ4v) is 10.3. The molecule has 7 rings (SSSR count). The zero-order chi connectivity index (χ0) is 27.5. The quantitative estimate of drug-likeness (QED) is 0.392. The fraction of sp³-hybridized carbons (Fsp3) is 0.611. The zero-order valence-corrected chi connectivity index (χ0v) is 24.3. The van der Waals surface area contributed by atoms with Crippen molar-refractivity contribution >= 4 is 11.8 Å². The number of carbonyl (C=O) groups excluding carboxylic acids is 2. The Labute approximate surface area is 239 Å². The predicted octanol–water partition coefficient (Wildman–Crippen LogP) is 7.01. The highest BCUT2D eigenvalue weighted by Gasteiger charge is 2.62. The molecule has 5 aliphatic rings. The van der Waals surface area contributed by atoms with E-state index in [0.29, 0.717) is 41.3 Å². The van der Waals surface area contributed by atoms with Crippen LogP contribution in [0.4, 0.5) is 0 Å². The van der Waals surface area contributed by atoms with Crippen molar-refractivity contribution in [2.24, 2.45) is 34.5 Å². The number of Topliss-reactive ketones (excluding diaryl/α,β-unsaturated/α-hetero) is 1. The molecular formula is C36H45NO3. The minimum atomic E-state index is -0.386. The van der Waals surface area contributed by atoms with Crippen LogP contribution in [0.25, 0.3) is 0 Å². The molecule has 1 heterocycles. The van der Waals surface area contributed by atoms with Crippen LogP contribution in [-0.2, 0) is 27.3 Å². The van der Waals surface area contributed by atoms with Gasteiger partial charge in [0.1, 0.15) is 17.4 Å². The predicted molar refractivity (Wildman–Crippen MR) is 156 cm³/mol. The third-order valence-electron chi connectivity index (χ3n) is 12.5. The first-order valence-corrected chi connectivity index (χ1v) is 15.9. The molecule has 1 spiro atoms. The molecule has 1 aliphatic heterocycles. The molecule has 212 valence electrons. The number of benzene rings is 2. The van der Waals surface area contributed by atoms with E-state index in [1.807, 2.05) is 6.07 Å². The third-order valence-corrected chi connectivity index (χ3v) is 12.5. The summed E-state index contributed by atoms with van der Waals surface area (Å²) in [5, 5.41) is 0. The van der Waals surface area contributed by atoms with E-state index >= 15 is 0 Å². The Bertz CT molecular complexity index is 1260. The van der Waals surface area contributed by atoms with Crippen LogP contribution in [0.2, 0.25) is 0 Å². The first kappa shape index (κ1) is 26.4. The maximum atomic E-state index is 13.8. The summed E-state index contributed by atoms with van der Waals surface area (Å²) >= 11 is 0. The summed E-state index contributed by atoms with van der Waals surface area (Å²) in [4.78, 5) is 29.1. The number of rotatable bonds is 4. The van der Waals surface area contributed by atoms with Crippen LogP contribution >= 0.6 is 0 Å². The van der Waals surface area contributed by atoms with Crippen LogP contribution in [0.15, 0.2) is 60.7 Å². The van der Waals surface area contributed by atoms with Gasteiger partial charge < -0.3 is 4.74 Å². The van der Waals surface area contributed by atoms with E-state index in [0.717, 1.165) is 51.6 Å². The lowest BCUT2D eigenvalue weighted by molar-refractivity contribution is -0.208. The van der Waals surface area contributed by atoms with Gasteiger partial charge in [0.15, 0.2) is 0 Å². The Morgan fingerprint density at radius 2 is 1.55 bits per heavy atom. The molecule has 0 bridgehead atoms. The molecule has 8 atom stereocenters. The molecule has 40 heavy (non-hydrogen) atoms.